The molecule has 3 aromatic carbocycles. The number of halogens is 5. The van der Waals surface area contributed by atoms with E-state index in [1.807, 2.05) is 0 Å². The Morgan fingerprint density at radius 2 is 1.59 bits per heavy atom. The van der Waals surface area contributed by atoms with Crippen LogP contribution in [0.4, 0.5) is 28.9 Å². The van der Waals surface area contributed by atoms with Crippen molar-refractivity contribution >= 4 is 34.8 Å². The summed E-state index contributed by atoms with van der Waals surface area (Å²) in [4.78, 5) is 24.8. The molecule has 0 bridgehead atoms. The van der Waals surface area contributed by atoms with Crippen molar-refractivity contribution in [2.75, 3.05) is 17.7 Å². The molecule has 3 rings (SSSR count). The molecule has 5 nitrogen and oxygen atoms in total. The minimum atomic E-state index is -4.84. The van der Waals surface area contributed by atoms with Crippen LogP contribution in [-0.2, 0) is 6.18 Å². The molecule has 10 heteroatoms. The van der Waals surface area contributed by atoms with Gasteiger partial charge in [-0.05, 0) is 60.7 Å². The highest BCUT2D eigenvalue weighted by atomic mass is 35.5. The van der Waals surface area contributed by atoms with Crippen molar-refractivity contribution in [3.63, 3.8) is 0 Å². The molecule has 0 fully saturated rings. The minimum Gasteiger partial charge on any atom is -0.496 e. The van der Waals surface area contributed by atoms with Gasteiger partial charge in [-0.2, -0.15) is 13.2 Å². The third kappa shape index (κ3) is 5.36. The molecule has 0 atom stereocenters. The van der Waals surface area contributed by atoms with Gasteiger partial charge in [-0.25, -0.2) is 4.39 Å². The Labute approximate surface area is 185 Å². The second-order valence-corrected chi connectivity index (χ2v) is 6.95. The Kier molecular flexibility index (Phi) is 6.69. The molecule has 32 heavy (non-hydrogen) atoms. The van der Waals surface area contributed by atoms with Gasteiger partial charge in [-0.1, -0.05) is 11.6 Å². The number of alkyl halides is 3. The van der Waals surface area contributed by atoms with Crippen molar-refractivity contribution < 1.29 is 31.9 Å². The van der Waals surface area contributed by atoms with Crippen molar-refractivity contribution in [3.05, 3.63) is 88.2 Å². The summed E-state index contributed by atoms with van der Waals surface area (Å²) in [5, 5.41) is 4.72. The van der Waals surface area contributed by atoms with Crippen LogP contribution in [0.15, 0.2) is 60.7 Å². The third-order valence-electron chi connectivity index (χ3n) is 4.34. The van der Waals surface area contributed by atoms with Gasteiger partial charge in [-0.15, -0.1) is 0 Å². The van der Waals surface area contributed by atoms with Gasteiger partial charge in [0.15, 0.2) is 0 Å². The molecule has 0 saturated carbocycles. The molecular formula is C22H15ClF4N2O3. The number of carbonyl (C=O) groups is 2. The highest BCUT2D eigenvalue weighted by Crippen LogP contribution is 2.37. The number of methoxy groups -OCH3 is 1. The lowest BCUT2D eigenvalue weighted by Gasteiger charge is -2.16. The van der Waals surface area contributed by atoms with Gasteiger partial charge in [0.05, 0.1) is 23.9 Å². The van der Waals surface area contributed by atoms with E-state index >= 15 is 0 Å². The van der Waals surface area contributed by atoms with Crippen LogP contribution < -0.4 is 15.4 Å². The van der Waals surface area contributed by atoms with Gasteiger partial charge in [0.25, 0.3) is 11.8 Å². The Morgan fingerprint density at radius 3 is 2.22 bits per heavy atom. The van der Waals surface area contributed by atoms with Crippen molar-refractivity contribution in [2.45, 2.75) is 6.18 Å². The Morgan fingerprint density at radius 1 is 0.906 bits per heavy atom. The Hall–Kier alpha value is -3.59. The maximum absolute atomic E-state index is 13.6. The topological polar surface area (TPSA) is 67.4 Å². The van der Waals surface area contributed by atoms with Crippen molar-refractivity contribution in [2.24, 2.45) is 0 Å². The summed E-state index contributed by atoms with van der Waals surface area (Å²) in [7, 11) is 1.31. The number of anilines is 2. The fourth-order valence-corrected chi connectivity index (χ4v) is 2.99. The molecule has 0 saturated heterocycles. The number of ether oxygens (including phenoxy) is 1. The smallest absolute Gasteiger partial charge is 0.418 e. The monoisotopic (exact) mass is 466 g/mol. The SMILES string of the molecule is COc1ccc(Cl)cc1C(=O)Nc1ccc(NC(=O)c2ccc(F)cc2)cc1C(F)(F)F. The maximum atomic E-state index is 13.6. The predicted molar refractivity (Wildman–Crippen MR) is 112 cm³/mol. The average molecular weight is 467 g/mol. The molecule has 166 valence electrons. The van der Waals surface area contributed by atoms with Crippen LogP contribution in [0.5, 0.6) is 5.75 Å². The van der Waals surface area contributed by atoms with Crippen LogP contribution in [0.2, 0.25) is 5.02 Å². The Balaban J connectivity index is 1.89. The Bertz CT molecular complexity index is 1160. The number of carbonyl (C=O) groups excluding carboxylic acids is 2. The summed E-state index contributed by atoms with van der Waals surface area (Å²) in [5.74, 6) is -2.02. The van der Waals surface area contributed by atoms with Gasteiger partial charge in [0.2, 0.25) is 0 Å². The molecular weight excluding hydrogens is 452 g/mol. The molecule has 0 heterocycles. The molecule has 2 N–H and O–H groups in total. The van der Waals surface area contributed by atoms with Crippen LogP contribution in [-0.4, -0.2) is 18.9 Å². The van der Waals surface area contributed by atoms with E-state index in [0.29, 0.717) is 6.07 Å². The molecule has 0 unspecified atom stereocenters. The van der Waals surface area contributed by atoms with Crippen LogP contribution >= 0.6 is 11.6 Å². The normalized spacial score (nSPS) is 11.1. The second kappa shape index (κ2) is 9.27. The minimum absolute atomic E-state index is 0.0539. The summed E-state index contributed by atoms with van der Waals surface area (Å²) in [6.07, 6.45) is -4.84. The van der Waals surface area contributed by atoms with E-state index in [4.69, 9.17) is 16.3 Å². The predicted octanol–water partition coefficient (Wildman–Crippen LogP) is 6.01. The lowest BCUT2D eigenvalue weighted by molar-refractivity contribution is -0.136. The summed E-state index contributed by atoms with van der Waals surface area (Å²) < 4.78 is 59.0. The largest absolute Gasteiger partial charge is 0.496 e. The van der Waals surface area contributed by atoms with Crippen LogP contribution in [0.25, 0.3) is 0 Å². The van der Waals surface area contributed by atoms with E-state index in [2.05, 4.69) is 10.6 Å². The molecule has 0 aliphatic carbocycles. The van der Waals surface area contributed by atoms with Gasteiger partial charge in [0, 0.05) is 16.3 Å². The summed E-state index contributed by atoms with van der Waals surface area (Å²) in [6.45, 7) is 0. The average Bonchev–Trinajstić information content (AvgIpc) is 2.74. The first kappa shape index (κ1) is 23.1. The van der Waals surface area contributed by atoms with E-state index in [0.717, 1.165) is 18.2 Å². The molecule has 0 aliphatic rings. The molecule has 0 radical (unpaired) electrons. The standard InChI is InChI=1S/C22H15ClF4N2O3/c1-32-19-9-4-13(23)10-16(19)21(31)29-18-8-7-15(11-17(18)22(25,26)27)28-20(30)12-2-5-14(24)6-3-12/h2-11H,1H3,(H,28,30)(H,29,31). The number of hydrogen-bond donors (Lipinski definition) is 2. The number of hydrogen-bond acceptors (Lipinski definition) is 3. The number of benzene rings is 3. The fraction of sp³-hybridized carbons (Fsp3) is 0.0909. The van der Waals surface area contributed by atoms with Crippen molar-refractivity contribution in [1.29, 1.82) is 0 Å². The molecule has 2 amide bonds. The van der Waals surface area contributed by atoms with Gasteiger partial charge >= 0.3 is 6.18 Å². The summed E-state index contributed by atoms with van der Waals surface area (Å²) >= 11 is 5.88. The van der Waals surface area contributed by atoms with Gasteiger partial charge in [0.1, 0.15) is 11.6 Å². The zero-order chi connectivity index (χ0) is 23.5. The second-order valence-electron chi connectivity index (χ2n) is 6.52. The van der Waals surface area contributed by atoms with Crippen LogP contribution in [0.1, 0.15) is 26.3 Å². The zero-order valence-corrected chi connectivity index (χ0v) is 17.1. The molecule has 3 aromatic rings. The first-order valence-electron chi connectivity index (χ1n) is 9.01. The van der Waals surface area contributed by atoms with E-state index in [-0.39, 0.29) is 27.6 Å². The van der Waals surface area contributed by atoms with Gasteiger partial charge in [-0.3, -0.25) is 9.59 Å². The highest BCUT2D eigenvalue weighted by molar-refractivity contribution is 6.31. The highest BCUT2D eigenvalue weighted by Gasteiger charge is 2.34. The number of nitrogens with one attached hydrogen (secondary N) is 2. The lowest BCUT2D eigenvalue weighted by atomic mass is 10.1. The first-order chi connectivity index (χ1) is 15.1. The molecule has 0 aliphatic heterocycles. The van der Waals surface area contributed by atoms with Crippen LogP contribution in [0.3, 0.4) is 0 Å². The lowest BCUT2D eigenvalue weighted by Crippen LogP contribution is -2.18. The van der Waals surface area contributed by atoms with E-state index < -0.39 is 35.1 Å². The summed E-state index contributed by atoms with van der Waals surface area (Å²) in [6, 6.07) is 11.5. The third-order valence-corrected chi connectivity index (χ3v) is 4.58. The number of rotatable bonds is 5. The number of amides is 2. The van der Waals surface area contributed by atoms with Crippen molar-refractivity contribution in [3.8, 4) is 5.75 Å². The van der Waals surface area contributed by atoms with E-state index in [1.165, 1.54) is 43.5 Å². The fourth-order valence-electron chi connectivity index (χ4n) is 2.82. The van der Waals surface area contributed by atoms with Gasteiger partial charge < -0.3 is 15.4 Å². The van der Waals surface area contributed by atoms with Crippen molar-refractivity contribution in [1.82, 2.24) is 0 Å². The van der Waals surface area contributed by atoms with E-state index in [1.54, 1.807) is 0 Å². The quantitative estimate of drug-likeness (QED) is 0.452. The molecule has 0 spiro atoms. The zero-order valence-electron chi connectivity index (χ0n) is 16.4. The van der Waals surface area contributed by atoms with E-state index in [9.17, 15) is 27.2 Å². The molecule has 0 aromatic heterocycles. The van der Waals surface area contributed by atoms with Crippen LogP contribution in [0, 0.1) is 5.82 Å². The first-order valence-corrected chi connectivity index (χ1v) is 9.39. The maximum Gasteiger partial charge on any atom is 0.418 e. The summed E-state index contributed by atoms with van der Waals surface area (Å²) in [5.41, 5.74) is -1.86.